The predicted octanol–water partition coefficient (Wildman–Crippen LogP) is 4.49. The molecule has 0 aliphatic rings. The summed E-state index contributed by atoms with van der Waals surface area (Å²) in [6.45, 7) is 0. The smallest absolute Gasteiger partial charge is 0.255 e. The number of Topliss-reactive ketones (excluding diaryl/α,β-unsaturated/α-hetero) is 1. The van der Waals surface area contributed by atoms with Crippen molar-refractivity contribution < 1.29 is 9.59 Å². The third-order valence-corrected chi connectivity index (χ3v) is 5.18. The Bertz CT molecular complexity index is 1140. The molecule has 0 saturated carbocycles. The summed E-state index contributed by atoms with van der Waals surface area (Å²) in [4.78, 5) is 28.9. The maximum Gasteiger partial charge on any atom is 0.255 e. The topological polar surface area (TPSA) is 76.9 Å². The monoisotopic (exact) mass is 414 g/mol. The molecule has 0 spiro atoms. The van der Waals surface area contributed by atoms with Crippen LogP contribution in [0.1, 0.15) is 20.7 Å². The fourth-order valence-electron chi connectivity index (χ4n) is 2.76. The van der Waals surface area contributed by atoms with Crippen LogP contribution in [-0.2, 0) is 0 Å². The lowest BCUT2D eigenvalue weighted by Gasteiger charge is -2.06. The minimum Gasteiger partial charge on any atom is -0.322 e. The number of carbonyl (C=O) groups excluding carboxylic acids is 2. The van der Waals surface area contributed by atoms with Gasteiger partial charge in [0.1, 0.15) is 6.33 Å². The standard InChI is InChI=1S/C23H18N4O2S/c28-21(15-30-23-24-16-27(26-23)20-9-5-2-6-10-20)17-11-13-19(14-12-17)25-22(29)18-7-3-1-4-8-18/h1-14,16H,15H2,(H,25,29). The van der Waals surface area contributed by atoms with Gasteiger partial charge in [-0.3, -0.25) is 9.59 Å². The third kappa shape index (κ3) is 4.82. The van der Waals surface area contributed by atoms with Crippen molar-refractivity contribution in [3.05, 3.63) is 102 Å². The molecule has 0 saturated heterocycles. The van der Waals surface area contributed by atoms with Gasteiger partial charge in [-0.1, -0.05) is 48.2 Å². The number of nitrogens with one attached hydrogen (secondary N) is 1. The van der Waals surface area contributed by atoms with E-state index in [2.05, 4.69) is 15.4 Å². The molecule has 4 rings (SSSR count). The quantitative estimate of drug-likeness (QED) is 0.356. The molecule has 0 aliphatic carbocycles. The molecule has 148 valence electrons. The second kappa shape index (κ2) is 9.19. The summed E-state index contributed by atoms with van der Waals surface area (Å²) < 4.78 is 1.68. The van der Waals surface area contributed by atoms with E-state index in [0.717, 1.165) is 5.69 Å². The normalized spacial score (nSPS) is 10.5. The minimum atomic E-state index is -0.190. The van der Waals surface area contributed by atoms with Gasteiger partial charge in [-0.05, 0) is 48.5 Å². The molecule has 0 aliphatic heterocycles. The minimum absolute atomic E-state index is 0.0306. The summed E-state index contributed by atoms with van der Waals surface area (Å²) in [6, 6.07) is 25.5. The Morgan fingerprint density at radius 1 is 0.833 bits per heavy atom. The van der Waals surface area contributed by atoms with Gasteiger partial charge in [-0.25, -0.2) is 9.67 Å². The average Bonchev–Trinajstić information content (AvgIpc) is 3.28. The van der Waals surface area contributed by atoms with Gasteiger partial charge in [0, 0.05) is 16.8 Å². The molecule has 3 aromatic carbocycles. The largest absolute Gasteiger partial charge is 0.322 e. The van der Waals surface area contributed by atoms with Crippen LogP contribution in [0, 0.1) is 0 Å². The van der Waals surface area contributed by atoms with E-state index in [1.165, 1.54) is 11.8 Å². The van der Waals surface area contributed by atoms with Gasteiger partial charge >= 0.3 is 0 Å². The number of amides is 1. The molecule has 1 N–H and O–H groups in total. The summed E-state index contributed by atoms with van der Waals surface area (Å²) in [6.07, 6.45) is 1.63. The van der Waals surface area contributed by atoms with E-state index >= 15 is 0 Å². The molecule has 0 radical (unpaired) electrons. The van der Waals surface area contributed by atoms with Crippen LogP contribution in [0.4, 0.5) is 5.69 Å². The molecule has 7 heteroatoms. The van der Waals surface area contributed by atoms with Gasteiger partial charge in [-0.15, -0.1) is 5.10 Å². The van der Waals surface area contributed by atoms with E-state index in [4.69, 9.17) is 0 Å². The first kappa shape index (κ1) is 19.6. The zero-order chi connectivity index (χ0) is 20.8. The third-order valence-electron chi connectivity index (χ3n) is 4.32. The van der Waals surface area contributed by atoms with Gasteiger partial charge in [0.05, 0.1) is 11.4 Å². The molecular weight excluding hydrogens is 396 g/mol. The lowest BCUT2D eigenvalue weighted by atomic mass is 10.1. The molecule has 4 aromatic rings. The van der Waals surface area contributed by atoms with E-state index in [-0.39, 0.29) is 17.4 Å². The highest BCUT2D eigenvalue weighted by atomic mass is 32.2. The SMILES string of the molecule is O=C(CSc1ncn(-c2ccccc2)n1)c1ccc(NC(=O)c2ccccc2)cc1. The van der Waals surface area contributed by atoms with Crippen LogP contribution in [0.25, 0.3) is 5.69 Å². The summed E-state index contributed by atoms with van der Waals surface area (Å²) >= 11 is 1.29. The molecule has 0 fully saturated rings. The van der Waals surface area contributed by atoms with Gasteiger partial charge in [0.2, 0.25) is 5.16 Å². The van der Waals surface area contributed by atoms with E-state index in [1.807, 2.05) is 48.5 Å². The van der Waals surface area contributed by atoms with Gasteiger partial charge in [0.25, 0.3) is 5.91 Å². The molecule has 0 atom stereocenters. The Hall–Kier alpha value is -3.71. The van der Waals surface area contributed by atoms with Crippen molar-refractivity contribution in [1.82, 2.24) is 14.8 Å². The van der Waals surface area contributed by atoms with Crippen molar-refractivity contribution in [3.8, 4) is 5.69 Å². The van der Waals surface area contributed by atoms with Gasteiger partial charge in [0.15, 0.2) is 5.78 Å². The summed E-state index contributed by atoms with van der Waals surface area (Å²) in [7, 11) is 0. The van der Waals surface area contributed by atoms with Crippen molar-refractivity contribution in [3.63, 3.8) is 0 Å². The second-order valence-corrected chi connectivity index (χ2v) is 7.36. The Balaban J connectivity index is 1.33. The van der Waals surface area contributed by atoms with Crippen molar-refractivity contribution in [2.45, 2.75) is 5.16 Å². The Morgan fingerprint density at radius 3 is 2.20 bits per heavy atom. The van der Waals surface area contributed by atoms with Crippen LogP contribution in [0.3, 0.4) is 0 Å². The van der Waals surface area contributed by atoms with Crippen LogP contribution in [0.2, 0.25) is 0 Å². The molecule has 1 heterocycles. The average molecular weight is 414 g/mol. The summed E-state index contributed by atoms with van der Waals surface area (Å²) in [5.74, 6) is 0.0106. The molecule has 6 nitrogen and oxygen atoms in total. The van der Waals surface area contributed by atoms with Crippen molar-refractivity contribution in [2.24, 2.45) is 0 Å². The zero-order valence-electron chi connectivity index (χ0n) is 15.9. The highest BCUT2D eigenvalue weighted by Crippen LogP contribution is 2.18. The Morgan fingerprint density at radius 2 is 1.50 bits per heavy atom. The highest BCUT2D eigenvalue weighted by Gasteiger charge is 2.11. The van der Waals surface area contributed by atoms with Crippen LogP contribution in [-0.4, -0.2) is 32.2 Å². The van der Waals surface area contributed by atoms with Crippen LogP contribution in [0.5, 0.6) is 0 Å². The molecule has 0 bridgehead atoms. The van der Waals surface area contributed by atoms with E-state index < -0.39 is 0 Å². The van der Waals surface area contributed by atoms with Crippen molar-refractivity contribution >= 4 is 29.1 Å². The molecule has 0 unspecified atom stereocenters. The number of aromatic nitrogens is 3. The Kier molecular flexibility index (Phi) is 6.01. The number of para-hydroxylation sites is 1. The maximum atomic E-state index is 12.5. The number of nitrogens with zero attached hydrogens (tertiary/aromatic N) is 3. The number of hydrogen-bond donors (Lipinski definition) is 1. The first-order chi connectivity index (χ1) is 14.7. The summed E-state index contributed by atoms with van der Waals surface area (Å²) in [5.41, 5.74) is 2.70. The van der Waals surface area contributed by atoms with E-state index in [1.54, 1.807) is 47.4 Å². The lowest BCUT2D eigenvalue weighted by molar-refractivity contribution is 0.101. The van der Waals surface area contributed by atoms with Crippen LogP contribution < -0.4 is 5.32 Å². The number of rotatable bonds is 7. The maximum absolute atomic E-state index is 12.5. The van der Waals surface area contributed by atoms with Crippen LogP contribution in [0.15, 0.2) is 96.4 Å². The second-order valence-electron chi connectivity index (χ2n) is 6.42. The van der Waals surface area contributed by atoms with Crippen LogP contribution >= 0.6 is 11.8 Å². The van der Waals surface area contributed by atoms with Gasteiger partial charge in [-0.2, -0.15) is 0 Å². The van der Waals surface area contributed by atoms with Gasteiger partial charge < -0.3 is 5.32 Å². The fraction of sp³-hybridized carbons (Fsp3) is 0.0435. The zero-order valence-corrected chi connectivity index (χ0v) is 16.8. The van der Waals surface area contributed by atoms with E-state index in [9.17, 15) is 9.59 Å². The summed E-state index contributed by atoms with van der Waals surface area (Å²) in [5, 5.41) is 7.75. The lowest BCUT2D eigenvalue weighted by Crippen LogP contribution is -2.11. The molecule has 1 amide bonds. The molecule has 30 heavy (non-hydrogen) atoms. The molecular formula is C23H18N4O2S. The van der Waals surface area contributed by atoms with Crippen molar-refractivity contribution in [1.29, 1.82) is 0 Å². The highest BCUT2D eigenvalue weighted by molar-refractivity contribution is 7.99. The number of anilines is 1. The first-order valence-corrected chi connectivity index (χ1v) is 10.3. The predicted molar refractivity (Wildman–Crippen MR) is 117 cm³/mol. The first-order valence-electron chi connectivity index (χ1n) is 9.28. The number of carbonyl (C=O) groups is 2. The number of thioether (sulfide) groups is 1. The number of ketones is 1. The Labute approximate surface area is 178 Å². The molecule has 1 aromatic heterocycles. The van der Waals surface area contributed by atoms with Crippen molar-refractivity contribution in [2.75, 3.05) is 11.1 Å². The number of benzene rings is 3. The van der Waals surface area contributed by atoms with E-state index in [0.29, 0.717) is 22.0 Å². The number of hydrogen-bond acceptors (Lipinski definition) is 5. The fourth-order valence-corrected chi connectivity index (χ4v) is 3.46.